The predicted molar refractivity (Wildman–Crippen MR) is 125 cm³/mol. The minimum Gasteiger partial charge on any atom is -0.493 e. The molecule has 0 fully saturated rings. The van der Waals surface area contributed by atoms with Gasteiger partial charge in [-0.3, -0.25) is 9.59 Å². The first kappa shape index (κ1) is 22.1. The highest BCUT2D eigenvalue weighted by Crippen LogP contribution is 2.37. The van der Waals surface area contributed by atoms with Crippen LogP contribution in [0.3, 0.4) is 0 Å². The number of carbonyl (C=O) groups excluding carboxylic acids is 2. The zero-order chi connectivity index (χ0) is 23.5. The Morgan fingerprint density at radius 3 is 2.12 bits per heavy atom. The first-order chi connectivity index (χ1) is 16.0. The van der Waals surface area contributed by atoms with E-state index in [1.54, 1.807) is 18.2 Å². The van der Waals surface area contributed by atoms with E-state index in [9.17, 15) is 14.0 Å². The van der Waals surface area contributed by atoms with E-state index in [0.29, 0.717) is 22.7 Å². The number of carbonyl (C=O) groups is 2. The van der Waals surface area contributed by atoms with Gasteiger partial charge in [0.15, 0.2) is 11.5 Å². The molecule has 0 bridgehead atoms. The van der Waals surface area contributed by atoms with Crippen LogP contribution in [0.1, 0.15) is 18.1 Å². The third kappa shape index (κ3) is 4.17. The summed E-state index contributed by atoms with van der Waals surface area (Å²) < 4.78 is 24.1. The quantitative estimate of drug-likeness (QED) is 0.528. The Hall–Kier alpha value is -4.13. The van der Waals surface area contributed by atoms with Crippen molar-refractivity contribution in [1.29, 1.82) is 0 Å². The number of hydrogen-bond acceptors (Lipinski definition) is 5. The second kappa shape index (κ2) is 9.16. The van der Waals surface area contributed by atoms with E-state index in [1.165, 1.54) is 38.5 Å². The minimum absolute atomic E-state index is 0.126. The van der Waals surface area contributed by atoms with Crippen molar-refractivity contribution in [1.82, 2.24) is 0 Å². The fourth-order valence-corrected chi connectivity index (χ4v) is 3.70. The maximum atomic E-state index is 13.5. The first-order valence-electron chi connectivity index (χ1n) is 10.4. The van der Waals surface area contributed by atoms with Crippen LogP contribution < -0.4 is 19.7 Å². The van der Waals surface area contributed by atoms with Crippen molar-refractivity contribution >= 4 is 28.8 Å². The van der Waals surface area contributed by atoms with Crippen molar-refractivity contribution in [3.05, 3.63) is 89.4 Å². The van der Waals surface area contributed by atoms with Crippen molar-refractivity contribution in [3.8, 4) is 11.5 Å². The lowest BCUT2D eigenvalue weighted by Gasteiger charge is -2.15. The van der Waals surface area contributed by atoms with E-state index < -0.39 is 17.6 Å². The molecule has 1 N–H and O–H groups in total. The number of amides is 2. The fourth-order valence-electron chi connectivity index (χ4n) is 3.70. The SMILES string of the molecule is CCc1ccc(NC2=C(c3ccc(OC)c(OC)c3)C(=O)N(c3ccc(F)cc3)C2=O)cc1. The maximum Gasteiger partial charge on any atom is 0.282 e. The van der Waals surface area contributed by atoms with Crippen LogP contribution in [-0.2, 0) is 16.0 Å². The third-order valence-corrected chi connectivity index (χ3v) is 5.47. The molecule has 6 nitrogen and oxygen atoms in total. The van der Waals surface area contributed by atoms with Gasteiger partial charge in [0, 0.05) is 5.69 Å². The Bertz CT molecular complexity index is 1230. The van der Waals surface area contributed by atoms with Crippen molar-refractivity contribution < 1.29 is 23.5 Å². The number of ether oxygens (including phenoxy) is 2. The monoisotopic (exact) mass is 446 g/mol. The first-order valence-corrected chi connectivity index (χ1v) is 10.4. The Morgan fingerprint density at radius 2 is 1.52 bits per heavy atom. The molecule has 1 aliphatic rings. The zero-order valence-corrected chi connectivity index (χ0v) is 18.5. The smallest absolute Gasteiger partial charge is 0.282 e. The van der Waals surface area contributed by atoms with Crippen LogP contribution in [-0.4, -0.2) is 26.0 Å². The molecule has 0 saturated carbocycles. The molecule has 0 atom stereocenters. The summed E-state index contributed by atoms with van der Waals surface area (Å²) in [6.45, 7) is 2.06. The van der Waals surface area contributed by atoms with Crippen LogP contribution in [0.5, 0.6) is 11.5 Å². The van der Waals surface area contributed by atoms with E-state index in [-0.39, 0.29) is 17.0 Å². The molecule has 1 aliphatic heterocycles. The molecule has 0 spiro atoms. The molecule has 3 aromatic carbocycles. The summed E-state index contributed by atoms with van der Waals surface area (Å²) in [6, 6.07) is 17.9. The van der Waals surface area contributed by atoms with Crippen molar-refractivity contribution in [2.45, 2.75) is 13.3 Å². The van der Waals surface area contributed by atoms with Gasteiger partial charge in [0.05, 0.1) is 25.5 Å². The van der Waals surface area contributed by atoms with Gasteiger partial charge in [0.1, 0.15) is 11.5 Å². The van der Waals surface area contributed by atoms with E-state index in [0.717, 1.165) is 16.9 Å². The summed E-state index contributed by atoms with van der Waals surface area (Å²) in [6.07, 6.45) is 0.885. The summed E-state index contributed by atoms with van der Waals surface area (Å²) in [4.78, 5) is 28.0. The normalized spacial score (nSPS) is 13.5. The van der Waals surface area contributed by atoms with Gasteiger partial charge < -0.3 is 14.8 Å². The van der Waals surface area contributed by atoms with E-state index in [2.05, 4.69) is 12.2 Å². The molecule has 0 radical (unpaired) electrons. The topological polar surface area (TPSA) is 67.9 Å². The highest BCUT2D eigenvalue weighted by atomic mass is 19.1. The number of halogens is 1. The number of nitrogens with zero attached hydrogens (tertiary/aromatic N) is 1. The molecule has 0 saturated heterocycles. The second-order valence-electron chi connectivity index (χ2n) is 7.42. The third-order valence-electron chi connectivity index (χ3n) is 5.47. The van der Waals surface area contributed by atoms with Crippen molar-refractivity contribution in [3.63, 3.8) is 0 Å². The number of rotatable bonds is 7. The van der Waals surface area contributed by atoms with Crippen LogP contribution in [0.15, 0.2) is 72.4 Å². The standard InChI is InChI=1S/C26H23FN2O4/c1-4-16-5-10-19(11-6-16)28-24-23(17-7-14-21(32-2)22(15-17)33-3)25(30)29(26(24)31)20-12-8-18(27)9-13-20/h5-15,28H,4H2,1-3H3. The number of hydrogen-bond donors (Lipinski definition) is 1. The predicted octanol–water partition coefficient (Wildman–Crippen LogP) is 4.80. The van der Waals surface area contributed by atoms with Crippen LogP contribution in [0.4, 0.5) is 15.8 Å². The fraction of sp³-hybridized carbons (Fsp3) is 0.154. The number of methoxy groups -OCH3 is 2. The summed E-state index contributed by atoms with van der Waals surface area (Å²) in [5.41, 5.74) is 2.90. The summed E-state index contributed by atoms with van der Waals surface area (Å²) in [5, 5.41) is 3.12. The Labute approximate surface area is 191 Å². The van der Waals surface area contributed by atoms with Gasteiger partial charge in [-0.15, -0.1) is 0 Å². The molecule has 2 amide bonds. The largest absolute Gasteiger partial charge is 0.493 e. The van der Waals surface area contributed by atoms with E-state index in [4.69, 9.17) is 9.47 Å². The minimum atomic E-state index is -0.532. The van der Waals surface area contributed by atoms with Gasteiger partial charge in [0.25, 0.3) is 11.8 Å². The number of anilines is 2. The molecule has 33 heavy (non-hydrogen) atoms. The maximum absolute atomic E-state index is 13.5. The zero-order valence-electron chi connectivity index (χ0n) is 18.5. The molecule has 7 heteroatoms. The van der Waals surface area contributed by atoms with Gasteiger partial charge in [-0.2, -0.15) is 0 Å². The Kier molecular flexibility index (Phi) is 6.13. The average molecular weight is 446 g/mol. The molecule has 4 rings (SSSR count). The van der Waals surface area contributed by atoms with Gasteiger partial charge in [-0.05, 0) is 66.1 Å². The van der Waals surface area contributed by atoms with Crippen LogP contribution in [0, 0.1) is 5.82 Å². The molecule has 3 aromatic rings. The summed E-state index contributed by atoms with van der Waals surface area (Å²) >= 11 is 0. The van der Waals surface area contributed by atoms with Crippen molar-refractivity contribution in [2.75, 3.05) is 24.4 Å². The van der Waals surface area contributed by atoms with Crippen LogP contribution >= 0.6 is 0 Å². The van der Waals surface area contributed by atoms with E-state index in [1.807, 2.05) is 24.3 Å². The van der Waals surface area contributed by atoms with Crippen LogP contribution in [0.2, 0.25) is 0 Å². The Balaban J connectivity index is 1.82. The molecule has 168 valence electrons. The Morgan fingerprint density at radius 1 is 0.848 bits per heavy atom. The van der Waals surface area contributed by atoms with Crippen molar-refractivity contribution in [2.24, 2.45) is 0 Å². The lowest BCUT2D eigenvalue weighted by atomic mass is 10.0. The van der Waals surface area contributed by atoms with E-state index >= 15 is 0 Å². The van der Waals surface area contributed by atoms with Gasteiger partial charge in [-0.1, -0.05) is 25.1 Å². The lowest BCUT2D eigenvalue weighted by Crippen LogP contribution is -2.32. The number of benzene rings is 3. The molecular weight excluding hydrogens is 423 g/mol. The molecular formula is C26H23FN2O4. The number of nitrogens with one attached hydrogen (secondary N) is 1. The highest BCUT2D eigenvalue weighted by molar-refractivity contribution is 6.46. The number of imide groups is 1. The molecule has 1 heterocycles. The average Bonchev–Trinajstić information content (AvgIpc) is 3.08. The molecule has 0 unspecified atom stereocenters. The molecule has 0 aromatic heterocycles. The lowest BCUT2D eigenvalue weighted by molar-refractivity contribution is -0.120. The second-order valence-corrected chi connectivity index (χ2v) is 7.42. The summed E-state index contributed by atoms with van der Waals surface area (Å²) in [5.74, 6) is -0.587. The molecule has 0 aliphatic carbocycles. The van der Waals surface area contributed by atoms with Crippen LogP contribution in [0.25, 0.3) is 5.57 Å². The van der Waals surface area contributed by atoms with Gasteiger partial charge in [-0.25, -0.2) is 9.29 Å². The van der Waals surface area contributed by atoms with Gasteiger partial charge >= 0.3 is 0 Å². The number of aryl methyl sites for hydroxylation is 1. The summed E-state index contributed by atoms with van der Waals surface area (Å²) in [7, 11) is 3.02. The highest BCUT2D eigenvalue weighted by Gasteiger charge is 2.40. The van der Waals surface area contributed by atoms with Gasteiger partial charge in [0.2, 0.25) is 0 Å².